The van der Waals surface area contributed by atoms with Crippen LogP contribution in [0.15, 0.2) is 60.6 Å². The summed E-state index contributed by atoms with van der Waals surface area (Å²) in [6, 6.07) is 17.0. The molecule has 232 valence electrons. The second kappa shape index (κ2) is 12.8. The van der Waals surface area contributed by atoms with E-state index in [1.54, 1.807) is 6.20 Å². The largest absolute Gasteiger partial charge is 0.393 e. The quantitative estimate of drug-likeness (QED) is 0.217. The molecule has 1 aliphatic carbocycles. The van der Waals surface area contributed by atoms with Crippen LogP contribution in [0.25, 0.3) is 10.9 Å². The lowest BCUT2D eigenvalue weighted by molar-refractivity contribution is 0.0570. The van der Waals surface area contributed by atoms with Crippen molar-refractivity contribution in [3.05, 3.63) is 76.7 Å². The summed E-state index contributed by atoms with van der Waals surface area (Å²) in [5.41, 5.74) is 11.9. The lowest BCUT2D eigenvalue weighted by Crippen LogP contribution is -2.52. The first-order valence-electron chi connectivity index (χ1n) is 15.7. The standard InChI is InChI=1S/C34H43ClN8O/c1-34(2,3)42-15-13-26(14-16-42)43-21-30(40-41-43)32(22-7-5-4-6-8-22)39-25-17-28-31(38-24-9-11-27(44)12-10-24)23(19-36)20-37-33(28)29(35)18-25/h4-8,17-18,20-21,24,26-27,32,39-41,44H,9-16H2,1-3H3,(H,37,38)/t24?,27?,32-/m0/s1. The zero-order chi connectivity index (χ0) is 30.8. The molecule has 2 aromatic carbocycles. The number of anilines is 2. The van der Waals surface area contributed by atoms with Gasteiger partial charge in [-0.15, -0.1) is 5.53 Å². The number of rotatable bonds is 7. The van der Waals surface area contributed by atoms with Gasteiger partial charge in [0.05, 0.1) is 39.6 Å². The molecule has 3 aliphatic rings. The molecule has 0 bridgehead atoms. The normalized spacial score (nSPS) is 22.3. The first-order valence-corrected chi connectivity index (χ1v) is 16.1. The van der Waals surface area contributed by atoms with Gasteiger partial charge in [-0.25, -0.2) is 0 Å². The Hall–Kier alpha value is -3.55. The predicted octanol–water partition coefficient (Wildman–Crippen LogP) is 6.06. The van der Waals surface area contributed by atoms with Gasteiger partial charge in [0.2, 0.25) is 0 Å². The van der Waals surface area contributed by atoms with E-state index in [-0.39, 0.29) is 23.7 Å². The summed E-state index contributed by atoms with van der Waals surface area (Å²) in [5.74, 6) is 0. The highest BCUT2D eigenvalue weighted by atomic mass is 35.5. The molecule has 9 nitrogen and oxygen atoms in total. The van der Waals surface area contributed by atoms with Crippen molar-refractivity contribution in [2.24, 2.45) is 0 Å². The zero-order valence-corrected chi connectivity index (χ0v) is 26.5. The first kappa shape index (κ1) is 30.5. The highest BCUT2D eigenvalue weighted by Gasteiger charge is 2.32. The molecule has 0 spiro atoms. The van der Waals surface area contributed by atoms with Crippen molar-refractivity contribution in [1.29, 1.82) is 5.26 Å². The number of fused-ring (bicyclic) bond motifs is 1. The number of nitrogens with one attached hydrogen (secondary N) is 4. The molecule has 0 amide bonds. The summed E-state index contributed by atoms with van der Waals surface area (Å²) in [4.78, 5) is 7.11. The van der Waals surface area contributed by atoms with E-state index in [9.17, 15) is 10.4 Å². The van der Waals surface area contributed by atoms with Crippen LogP contribution in [-0.4, -0.2) is 56.8 Å². The molecule has 1 saturated heterocycles. The first-order chi connectivity index (χ1) is 21.2. The van der Waals surface area contributed by atoms with Crippen molar-refractivity contribution < 1.29 is 5.11 Å². The minimum absolute atomic E-state index is 0.170. The second-order valence-electron chi connectivity index (χ2n) is 13.3. The van der Waals surface area contributed by atoms with E-state index in [0.717, 1.165) is 79.6 Å². The third kappa shape index (κ3) is 6.59. The molecule has 10 heteroatoms. The number of benzene rings is 2. The molecule has 0 unspecified atom stereocenters. The van der Waals surface area contributed by atoms with Gasteiger partial charge in [-0.3, -0.25) is 14.9 Å². The zero-order valence-electron chi connectivity index (χ0n) is 25.8. The van der Waals surface area contributed by atoms with Gasteiger partial charge < -0.3 is 21.2 Å². The van der Waals surface area contributed by atoms with Crippen LogP contribution in [0.1, 0.15) is 76.5 Å². The second-order valence-corrected chi connectivity index (χ2v) is 13.7. The Balaban J connectivity index is 1.29. The van der Waals surface area contributed by atoms with Crippen molar-refractivity contribution in [3.63, 3.8) is 0 Å². The maximum Gasteiger partial charge on any atom is 0.103 e. The van der Waals surface area contributed by atoms with Gasteiger partial charge in [-0.2, -0.15) is 5.26 Å². The van der Waals surface area contributed by atoms with Gasteiger partial charge in [-0.1, -0.05) is 41.9 Å². The Bertz CT molecular complexity index is 1530. The van der Waals surface area contributed by atoms with Gasteiger partial charge in [0.15, 0.2) is 0 Å². The van der Waals surface area contributed by atoms with Crippen molar-refractivity contribution in [2.45, 2.75) is 89.1 Å². The van der Waals surface area contributed by atoms with E-state index in [4.69, 9.17) is 11.6 Å². The minimum Gasteiger partial charge on any atom is -0.393 e. The number of pyridine rings is 1. The molecule has 2 aliphatic heterocycles. The van der Waals surface area contributed by atoms with E-state index < -0.39 is 0 Å². The summed E-state index contributed by atoms with van der Waals surface area (Å²) >= 11 is 6.85. The van der Waals surface area contributed by atoms with E-state index in [2.05, 4.69) is 81.7 Å². The van der Waals surface area contributed by atoms with Crippen LogP contribution in [-0.2, 0) is 0 Å². The van der Waals surface area contributed by atoms with Crippen LogP contribution in [0.3, 0.4) is 0 Å². The average molecular weight is 615 g/mol. The Morgan fingerprint density at radius 3 is 2.48 bits per heavy atom. The Morgan fingerprint density at radius 1 is 1.07 bits per heavy atom. The fraction of sp³-hybridized carbons (Fsp3) is 0.471. The van der Waals surface area contributed by atoms with Gasteiger partial charge in [0, 0.05) is 54.2 Å². The number of aliphatic hydroxyl groups is 1. The van der Waals surface area contributed by atoms with Gasteiger partial charge in [0.25, 0.3) is 0 Å². The van der Waals surface area contributed by atoms with Crippen molar-refractivity contribution in [1.82, 2.24) is 25.9 Å². The van der Waals surface area contributed by atoms with E-state index in [1.807, 2.05) is 30.3 Å². The smallest absolute Gasteiger partial charge is 0.103 e. The molecule has 6 rings (SSSR count). The minimum atomic E-state index is -0.252. The molecule has 5 N–H and O–H groups in total. The molecule has 3 heterocycles. The maximum absolute atomic E-state index is 10.0. The number of nitrogens with zero attached hydrogens (tertiary/aromatic N) is 4. The van der Waals surface area contributed by atoms with Crippen LogP contribution in [0.4, 0.5) is 11.4 Å². The number of nitriles is 1. The Labute approximate surface area is 265 Å². The summed E-state index contributed by atoms with van der Waals surface area (Å²) in [5, 5.41) is 30.8. The Morgan fingerprint density at radius 2 is 1.80 bits per heavy atom. The molecule has 1 saturated carbocycles. The number of aromatic nitrogens is 1. The van der Waals surface area contributed by atoms with Gasteiger partial charge in [0.1, 0.15) is 6.07 Å². The third-order valence-corrected chi connectivity index (χ3v) is 9.55. The molecule has 1 atom stereocenters. The molecule has 3 aromatic rings. The molecular weight excluding hydrogens is 572 g/mol. The van der Waals surface area contributed by atoms with Crippen LogP contribution in [0, 0.1) is 11.3 Å². The van der Waals surface area contributed by atoms with Crippen LogP contribution < -0.4 is 21.6 Å². The molecule has 0 radical (unpaired) electrons. The lowest BCUT2D eigenvalue weighted by Gasteiger charge is -2.42. The summed E-state index contributed by atoms with van der Waals surface area (Å²) in [6.45, 7) is 9.00. The predicted molar refractivity (Wildman–Crippen MR) is 177 cm³/mol. The summed E-state index contributed by atoms with van der Waals surface area (Å²) in [7, 11) is 0. The van der Waals surface area contributed by atoms with E-state index in [0.29, 0.717) is 22.1 Å². The SMILES string of the molecule is CC(C)(C)N1CCC(N2C=C([C@@H](Nc3cc(Cl)c4ncc(C#N)c(NC5CCC(O)CC5)c4c3)c3ccccc3)NN2)CC1. The number of hydrogen-bond donors (Lipinski definition) is 5. The molecule has 44 heavy (non-hydrogen) atoms. The summed E-state index contributed by atoms with van der Waals surface area (Å²) in [6.07, 6.45) is 8.88. The molecule has 2 fully saturated rings. The van der Waals surface area contributed by atoms with Gasteiger partial charge >= 0.3 is 0 Å². The summed E-state index contributed by atoms with van der Waals surface area (Å²) < 4.78 is 0. The number of hydrogen-bond acceptors (Lipinski definition) is 9. The van der Waals surface area contributed by atoms with Crippen molar-refractivity contribution >= 4 is 33.9 Å². The highest BCUT2D eigenvalue weighted by molar-refractivity contribution is 6.35. The fourth-order valence-corrected chi connectivity index (χ4v) is 6.93. The van der Waals surface area contributed by atoms with Gasteiger partial charge in [-0.05, 0) is 77.0 Å². The fourth-order valence-electron chi connectivity index (χ4n) is 6.66. The number of halogens is 1. The van der Waals surface area contributed by atoms with Crippen LogP contribution in [0.2, 0.25) is 5.02 Å². The van der Waals surface area contributed by atoms with Crippen molar-refractivity contribution in [2.75, 3.05) is 23.7 Å². The van der Waals surface area contributed by atoms with Crippen molar-refractivity contribution in [3.8, 4) is 6.07 Å². The van der Waals surface area contributed by atoms with Crippen LogP contribution in [0.5, 0.6) is 0 Å². The third-order valence-electron chi connectivity index (χ3n) is 9.26. The monoisotopic (exact) mass is 614 g/mol. The topological polar surface area (TPSA) is 112 Å². The maximum atomic E-state index is 10.0. The Kier molecular flexibility index (Phi) is 8.88. The average Bonchev–Trinajstić information content (AvgIpc) is 3.51. The van der Waals surface area contributed by atoms with E-state index >= 15 is 0 Å². The number of likely N-dealkylation sites (tertiary alicyclic amines) is 1. The van der Waals surface area contributed by atoms with Crippen LogP contribution >= 0.6 is 11.6 Å². The number of hydrazine groups is 2. The lowest BCUT2D eigenvalue weighted by atomic mass is 9.92. The highest BCUT2D eigenvalue weighted by Crippen LogP contribution is 2.37. The molecular formula is C34H43ClN8O. The number of piperidine rings is 1. The molecule has 1 aromatic heterocycles. The van der Waals surface area contributed by atoms with E-state index in [1.165, 1.54) is 0 Å². The number of aliphatic hydroxyl groups excluding tert-OH is 1.